The molecule has 106 heavy (non-hydrogen) atoms. The summed E-state index contributed by atoms with van der Waals surface area (Å²) < 4.78 is 89.1. The summed E-state index contributed by atoms with van der Waals surface area (Å²) >= 11 is 0. The van der Waals surface area contributed by atoms with Crippen LogP contribution in [-0.2, 0) is 89.2 Å². The number of amides is 6. The first-order valence-corrected chi connectivity index (χ1v) is 40.7. The zero-order valence-electron chi connectivity index (χ0n) is 62.0. The molecule has 38 heteroatoms. The Morgan fingerprint density at radius 3 is 1.05 bits per heavy atom. The normalized spacial score (nSPS) is 32.4. The number of hydrogen-bond acceptors (Lipinski definition) is 28. The Kier molecular flexibility index (Phi) is 40.0. The summed E-state index contributed by atoms with van der Waals surface area (Å²) in [6.45, 7) is 6.15. The van der Waals surface area contributed by atoms with Crippen molar-refractivity contribution in [2.24, 2.45) is 23.7 Å². The smallest absolute Gasteiger partial charge is 0.394 e. The summed E-state index contributed by atoms with van der Waals surface area (Å²) in [6, 6.07) is -2.02. The van der Waals surface area contributed by atoms with Crippen LogP contribution in [-0.4, -0.2) is 316 Å². The molecule has 0 aromatic carbocycles. The molecule has 6 amide bonds. The molecule has 0 bridgehead atoms. The van der Waals surface area contributed by atoms with Crippen molar-refractivity contribution in [2.75, 3.05) is 106 Å². The van der Waals surface area contributed by atoms with Gasteiger partial charge in [-0.25, -0.2) is 9.13 Å². The van der Waals surface area contributed by atoms with E-state index in [2.05, 4.69) is 16.0 Å². The highest BCUT2D eigenvalue weighted by atomic mass is 31.2. The van der Waals surface area contributed by atoms with Crippen LogP contribution < -0.4 is 16.0 Å². The average molecular weight is 1570 g/mol. The number of carbonyl (C=O) groups is 6. The lowest BCUT2D eigenvalue weighted by Gasteiger charge is -2.40. The fraction of sp³-hybridized carbons (Fsp3) is 0.912. The number of methoxy groups -OCH3 is 1. The Morgan fingerprint density at radius 2 is 0.726 bits per heavy atom. The van der Waals surface area contributed by atoms with Crippen LogP contribution in [0.5, 0.6) is 0 Å². The van der Waals surface area contributed by atoms with Crippen molar-refractivity contribution in [2.45, 2.75) is 267 Å². The number of carbonyl (C=O) groups excluding carboxylic acids is 6. The predicted molar refractivity (Wildman–Crippen MR) is 373 cm³/mol. The third-order valence-electron chi connectivity index (χ3n) is 20.3. The predicted octanol–water partition coefficient (Wildman–Crippen LogP) is -0.279. The largest absolute Gasteiger partial charge is 0.472 e. The molecule has 0 aromatic rings. The van der Waals surface area contributed by atoms with E-state index in [-0.39, 0.29) is 133 Å². The van der Waals surface area contributed by atoms with Gasteiger partial charge in [-0.15, -0.1) is 0 Å². The maximum Gasteiger partial charge on any atom is 0.472 e. The van der Waals surface area contributed by atoms with Gasteiger partial charge in [-0.2, -0.15) is 0 Å². The SMILES string of the molecule is COC[C@@H]1C[C@@H](OP(=O)(O)OC[C@@H]2C[C@@H](OP(=O)(O)OC[C@@H]3C[C@@H](C)CN3C(=O)CCCCCNC(=O)CCCO[C@@H]3OC(CO)[C@H](O)[C@H](O)C3C)CN2C(=O)CCCCCNC(=O)CCCO[C@@H]2OC(CO)[C@H](O)[C@H](O)C2C)CN1C(=O)CCCCCNC(=O)CCCO[C@@H]1OC(CO)[C@H](O)[C@H](O)C1C. The highest BCUT2D eigenvalue weighted by molar-refractivity contribution is 7.47. The summed E-state index contributed by atoms with van der Waals surface area (Å²) in [5, 5.41) is 98.0. The lowest BCUT2D eigenvalue weighted by Crippen LogP contribution is -2.55. The standard InChI is InChI=1S/C68H122N6O30P2/c1-42-30-46(72(33-42)57(81)21-9-6-12-24-69-54(78)18-15-27-95-66-43(2)60(84)63(87)51(36-75)100-66)40-98-105(90,91)104-50-32-48(74(35-50)59(83)23-11-8-14-26-71-56(80)20-17-29-97-68-45(4)62(86)65(89)53(38-77)102-68)41-99-106(92,93)103-49-31-47(39-94-5)73(34-49)58(82)22-10-7-13-25-70-55(79)19-16-28-96-67-44(3)61(85)64(88)52(37-76)101-67/h42-53,60-68,75-77,84-89H,6-41H2,1-5H3,(H,69,78)(H,70,79)(H,71,80)(H,90,91)(H,92,93)/t42-,43?,44?,45?,46+,47+,48+,49-,50-,51?,52?,53?,60-,61-,62-,63+,64+,65+,66-,67-,68-/m1/s1. The lowest BCUT2D eigenvalue weighted by atomic mass is 9.92. The first-order chi connectivity index (χ1) is 50.5. The van der Waals surface area contributed by atoms with Crippen molar-refractivity contribution in [3.05, 3.63) is 0 Å². The molecule has 6 aliphatic rings. The van der Waals surface area contributed by atoms with Gasteiger partial charge >= 0.3 is 15.6 Å². The van der Waals surface area contributed by atoms with E-state index in [9.17, 15) is 93.6 Å². The molecule has 6 aliphatic heterocycles. The number of phosphoric acid groups is 2. The van der Waals surface area contributed by atoms with Crippen LogP contribution in [0, 0.1) is 23.7 Å². The van der Waals surface area contributed by atoms with E-state index in [1.165, 1.54) is 16.9 Å². The van der Waals surface area contributed by atoms with E-state index < -0.39 is 170 Å². The van der Waals surface area contributed by atoms with Gasteiger partial charge in [0.05, 0.1) is 108 Å². The molecule has 0 radical (unpaired) electrons. The minimum atomic E-state index is -4.92. The molecule has 6 heterocycles. The molecule has 8 unspecified atom stereocenters. The van der Waals surface area contributed by atoms with Crippen LogP contribution in [0.4, 0.5) is 0 Å². The van der Waals surface area contributed by atoms with Crippen molar-refractivity contribution < 1.29 is 145 Å². The van der Waals surface area contributed by atoms with Crippen molar-refractivity contribution in [3.8, 4) is 0 Å². The molecule has 0 saturated carbocycles. The van der Waals surface area contributed by atoms with Crippen LogP contribution >= 0.6 is 15.6 Å². The number of phosphoric ester groups is 2. The first kappa shape index (κ1) is 91.3. The summed E-state index contributed by atoms with van der Waals surface area (Å²) in [7, 11) is -8.36. The maximum atomic E-state index is 14.0. The molecule has 6 rings (SSSR count). The molecule has 36 nitrogen and oxygen atoms in total. The summed E-state index contributed by atoms with van der Waals surface area (Å²) in [5.41, 5.74) is 0. The van der Waals surface area contributed by atoms with Gasteiger partial charge in [0.2, 0.25) is 35.4 Å². The maximum absolute atomic E-state index is 14.0. The number of nitrogens with zero attached hydrogens (tertiary/aromatic N) is 3. The van der Waals surface area contributed by atoms with Gasteiger partial charge in [0.1, 0.15) is 36.6 Å². The van der Waals surface area contributed by atoms with E-state index >= 15 is 0 Å². The fourth-order valence-corrected chi connectivity index (χ4v) is 16.0. The van der Waals surface area contributed by atoms with Crippen LogP contribution in [0.3, 0.4) is 0 Å². The number of nitrogens with one attached hydrogen (secondary N) is 3. The number of ether oxygens (including phenoxy) is 7. The van der Waals surface area contributed by atoms with Gasteiger partial charge in [-0.3, -0.25) is 46.9 Å². The molecule has 0 spiro atoms. The second-order valence-electron chi connectivity index (χ2n) is 29.0. The summed E-state index contributed by atoms with van der Waals surface area (Å²) in [4.78, 5) is 106. The van der Waals surface area contributed by atoms with E-state index in [0.717, 1.165) is 0 Å². The highest BCUT2D eigenvalue weighted by Gasteiger charge is 2.47. The molecular weight excluding hydrogens is 1440 g/mol. The van der Waals surface area contributed by atoms with Crippen molar-refractivity contribution in [1.29, 1.82) is 0 Å². The van der Waals surface area contributed by atoms with E-state index in [1.807, 2.05) is 6.92 Å². The number of unbranched alkanes of at least 4 members (excludes halogenated alkanes) is 6. The monoisotopic (exact) mass is 1560 g/mol. The van der Waals surface area contributed by atoms with Crippen molar-refractivity contribution in [3.63, 3.8) is 0 Å². The van der Waals surface area contributed by atoms with Gasteiger partial charge in [-0.1, -0.05) is 47.0 Å². The first-order valence-electron chi connectivity index (χ1n) is 37.7. The molecule has 614 valence electrons. The van der Waals surface area contributed by atoms with Gasteiger partial charge in [0.15, 0.2) is 18.9 Å². The number of aliphatic hydroxyl groups excluding tert-OH is 9. The van der Waals surface area contributed by atoms with Crippen molar-refractivity contribution >= 4 is 51.1 Å². The van der Waals surface area contributed by atoms with Crippen LogP contribution in [0.1, 0.15) is 163 Å². The minimum absolute atomic E-state index is 0.0172. The molecule has 6 fully saturated rings. The summed E-state index contributed by atoms with van der Waals surface area (Å²) in [5.74, 6) is -3.13. The van der Waals surface area contributed by atoms with Gasteiger partial charge in [0, 0.05) is 103 Å². The fourth-order valence-electron chi connectivity index (χ4n) is 14.1. The Labute approximate surface area is 620 Å². The van der Waals surface area contributed by atoms with Gasteiger partial charge in [-0.05, 0) is 83.0 Å². The number of likely N-dealkylation sites (tertiary alicyclic amines) is 3. The van der Waals surface area contributed by atoms with Gasteiger partial charge < -0.3 is 120 Å². The van der Waals surface area contributed by atoms with Crippen molar-refractivity contribution in [1.82, 2.24) is 30.7 Å². The summed E-state index contributed by atoms with van der Waals surface area (Å²) in [6.07, 6.45) is -7.85. The zero-order chi connectivity index (χ0) is 77.7. The second kappa shape index (κ2) is 46.4. The quantitative estimate of drug-likeness (QED) is 0.0275. The molecule has 0 aliphatic carbocycles. The third-order valence-corrected chi connectivity index (χ3v) is 22.4. The topological polar surface area (TPSA) is 506 Å². The molecule has 23 atom stereocenters. The zero-order valence-corrected chi connectivity index (χ0v) is 63.8. The molecule has 6 saturated heterocycles. The average Bonchev–Trinajstić information content (AvgIpc) is 1.59. The number of rotatable bonds is 48. The number of aliphatic hydroxyl groups is 9. The minimum Gasteiger partial charge on any atom is -0.394 e. The lowest BCUT2D eigenvalue weighted by molar-refractivity contribution is -0.282. The van der Waals surface area contributed by atoms with Crippen LogP contribution in [0.15, 0.2) is 0 Å². The van der Waals surface area contributed by atoms with Crippen LogP contribution in [0.25, 0.3) is 0 Å². The Hall–Kier alpha value is -3.60. The second-order valence-corrected chi connectivity index (χ2v) is 31.8. The highest BCUT2D eigenvalue weighted by Crippen LogP contribution is 2.50. The Morgan fingerprint density at radius 1 is 0.415 bits per heavy atom. The van der Waals surface area contributed by atoms with E-state index in [4.69, 9.17) is 51.3 Å². The molecule has 0 aromatic heterocycles. The molecular formula is C68H122N6O30P2. The van der Waals surface area contributed by atoms with Gasteiger partial charge in [0.25, 0.3) is 0 Å². The molecule has 14 N–H and O–H groups in total. The number of hydrogen-bond donors (Lipinski definition) is 14. The third kappa shape index (κ3) is 29.5. The van der Waals surface area contributed by atoms with Crippen LogP contribution in [0.2, 0.25) is 0 Å². The van der Waals surface area contributed by atoms with E-state index in [0.29, 0.717) is 110 Å². The van der Waals surface area contributed by atoms with E-state index in [1.54, 1.807) is 25.7 Å². The Bertz CT molecular complexity index is 2750. The Balaban J connectivity index is 0.929.